The number of hydrogen-bond donors (Lipinski definition) is 1. The van der Waals surface area contributed by atoms with Gasteiger partial charge in [0.25, 0.3) is 5.60 Å². The maximum absolute atomic E-state index is 12.6. The maximum Gasteiger partial charge on any atom is 0.430 e. The van der Waals surface area contributed by atoms with Crippen LogP contribution in [-0.4, -0.2) is 25.3 Å². The third kappa shape index (κ3) is 2.51. The Balaban J connectivity index is 3.55. The van der Waals surface area contributed by atoms with Gasteiger partial charge in [-0.25, -0.2) is 0 Å². The summed E-state index contributed by atoms with van der Waals surface area (Å²) in [7, 11) is 1.32. The first kappa shape index (κ1) is 15.4. The van der Waals surface area contributed by atoms with Crippen LogP contribution in [0.15, 0.2) is 22.7 Å². The maximum atomic E-state index is 12.6. The summed E-state index contributed by atoms with van der Waals surface area (Å²) in [5.74, 6) is 0. The lowest BCUT2D eigenvalue weighted by Gasteiger charge is -2.33. The molecule has 0 aliphatic rings. The molecular weight excluding hydrogens is 329 g/mol. The van der Waals surface area contributed by atoms with Crippen LogP contribution in [0.25, 0.3) is 0 Å². The minimum absolute atomic E-state index is 0.0180. The highest BCUT2D eigenvalue weighted by molar-refractivity contribution is 9.10. The van der Waals surface area contributed by atoms with Gasteiger partial charge in [-0.2, -0.15) is 26.3 Å². The van der Waals surface area contributed by atoms with Crippen LogP contribution in [0.2, 0.25) is 0 Å². The summed E-state index contributed by atoms with van der Waals surface area (Å²) >= 11 is 2.79. The van der Waals surface area contributed by atoms with Crippen molar-refractivity contribution in [3.63, 3.8) is 0 Å². The van der Waals surface area contributed by atoms with Crippen LogP contribution in [0.1, 0.15) is 5.56 Å². The second-order valence-electron chi connectivity index (χ2n) is 3.72. The summed E-state index contributed by atoms with van der Waals surface area (Å²) in [4.78, 5) is 0. The zero-order valence-corrected chi connectivity index (χ0v) is 10.4. The third-order valence-corrected chi connectivity index (χ3v) is 2.74. The lowest BCUT2D eigenvalue weighted by molar-refractivity contribution is -0.376. The Bertz CT molecular complexity index is 421. The first-order chi connectivity index (χ1) is 7.89. The standard InChI is InChI=1S/C9H6BBrF6O/c10-5-1-4(2-6(11)3-5)7(18,8(12,13)14)9(15,16)17/h1-3,18H,10H2. The van der Waals surface area contributed by atoms with E-state index in [1.165, 1.54) is 13.9 Å². The number of hydrogen-bond acceptors (Lipinski definition) is 1. The van der Waals surface area contributed by atoms with Crippen LogP contribution in [0.5, 0.6) is 0 Å². The summed E-state index contributed by atoms with van der Waals surface area (Å²) < 4.78 is 75.4. The second kappa shape index (κ2) is 4.45. The van der Waals surface area contributed by atoms with E-state index in [1.807, 2.05) is 0 Å². The van der Waals surface area contributed by atoms with Crippen molar-refractivity contribution in [2.75, 3.05) is 0 Å². The van der Waals surface area contributed by atoms with E-state index in [-0.39, 0.29) is 9.94 Å². The molecule has 1 N–H and O–H groups in total. The molecule has 0 spiro atoms. The topological polar surface area (TPSA) is 20.2 Å². The molecule has 1 rings (SSSR count). The predicted molar refractivity (Wildman–Crippen MR) is 58.3 cm³/mol. The van der Waals surface area contributed by atoms with E-state index in [9.17, 15) is 26.3 Å². The van der Waals surface area contributed by atoms with Crippen molar-refractivity contribution in [3.05, 3.63) is 28.2 Å². The molecular formula is C9H6BBrF6O. The Morgan fingerprint density at radius 1 is 0.944 bits per heavy atom. The highest BCUT2D eigenvalue weighted by atomic mass is 79.9. The summed E-state index contributed by atoms with van der Waals surface area (Å²) in [6, 6.07) is 2.57. The Morgan fingerprint density at radius 3 is 1.72 bits per heavy atom. The quantitative estimate of drug-likeness (QED) is 0.615. The van der Waals surface area contributed by atoms with Crippen molar-refractivity contribution >= 4 is 29.2 Å². The molecule has 0 aliphatic heterocycles. The van der Waals surface area contributed by atoms with Crippen LogP contribution in [0, 0.1) is 0 Å². The van der Waals surface area contributed by atoms with Gasteiger partial charge in [0, 0.05) is 10.0 Å². The van der Waals surface area contributed by atoms with E-state index in [4.69, 9.17) is 5.11 Å². The van der Waals surface area contributed by atoms with Crippen molar-refractivity contribution in [3.8, 4) is 0 Å². The molecule has 18 heavy (non-hydrogen) atoms. The van der Waals surface area contributed by atoms with E-state index < -0.39 is 23.5 Å². The van der Waals surface area contributed by atoms with Gasteiger partial charge in [-0.15, -0.1) is 0 Å². The van der Waals surface area contributed by atoms with E-state index in [0.717, 1.165) is 0 Å². The highest BCUT2D eigenvalue weighted by Gasteiger charge is 2.71. The number of aliphatic hydroxyl groups is 1. The molecule has 0 atom stereocenters. The van der Waals surface area contributed by atoms with Gasteiger partial charge in [0.05, 0.1) is 0 Å². The molecule has 0 radical (unpaired) electrons. The molecule has 0 fully saturated rings. The van der Waals surface area contributed by atoms with Crippen molar-refractivity contribution in [1.29, 1.82) is 0 Å². The number of rotatable bonds is 1. The van der Waals surface area contributed by atoms with Crippen molar-refractivity contribution in [2.45, 2.75) is 18.0 Å². The number of benzene rings is 1. The van der Waals surface area contributed by atoms with E-state index >= 15 is 0 Å². The fourth-order valence-corrected chi connectivity index (χ4v) is 2.04. The molecule has 100 valence electrons. The zero-order valence-electron chi connectivity index (χ0n) is 8.83. The molecule has 0 amide bonds. The summed E-state index contributed by atoms with van der Waals surface area (Å²) in [6.45, 7) is 0. The smallest absolute Gasteiger partial charge is 0.369 e. The average Bonchev–Trinajstić information content (AvgIpc) is 2.11. The minimum Gasteiger partial charge on any atom is -0.369 e. The first-order valence-corrected chi connectivity index (χ1v) is 5.32. The molecule has 1 aromatic rings. The van der Waals surface area contributed by atoms with Gasteiger partial charge in [-0.05, 0) is 6.07 Å². The normalized spacial score (nSPS) is 13.8. The Kier molecular flexibility index (Phi) is 3.80. The summed E-state index contributed by atoms with van der Waals surface area (Å²) in [5.41, 5.74) is -5.99. The SMILES string of the molecule is Bc1cc(Br)cc(C(O)(C(F)(F)F)C(F)(F)F)c1. The fourth-order valence-electron chi connectivity index (χ4n) is 1.43. The minimum atomic E-state index is -5.86. The van der Waals surface area contributed by atoms with Crippen LogP contribution < -0.4 is 5.46 Å². The Morgan fingerprint density at radius 2 is 1.39 bits per heavy atom. The van der Waals surface area contributed by atoms with Gasteiger partial charge in [0.15, 0.2) is 0 Å². The molecule has 0 unspecified atom stereocenters. The summed E-state index contributed by atoms with van der Waals surface area (Å²) in [5, 5.41) is 9.13. The largest absolute Gasteiger partial charge is 0.430 e. The van der Waals surface area contributed by atoms with Crippen LogP contribution >= 0.6 is 15.9 Å². The summed E-state index contributed by atoms with van der Waals surface area (Å²) in [6.07, 6.45) is -11.7. The lowest BCUT2D eigenvalue weighted by atomic mass is 9.86. The van der Waals surface area contributed by atoms with Gasteiger partial charge >= 0.3 is 12.4 Å². The van der Waals surface area contributed by atoms with Crippen LogP contribution in [-0.2, 0) is 5.60 Å². The van der Waals surface area contributed by atoms with Crippen LogP contribution in [0.3, 0.4) is 0 Å². The van der Waals surface area contributed by atoms with Gasteiger partial charge < -0.3 is 5.11 Å². The molecule has 0 bridgehead atoms. The van der Waals surface area contributed by atoms with E-state index in [0.29, 0.717) is 12.1 Å². The molecule has 0 aliphatic carbocycles. The third-order valence-electron chi connectivity index (χ3n) is 2.28. The predicted octanol–water partition coefficient (Wildman–Crippen LogP) is 2.02. The molecule has 0 heterocycles. The second-order valence-corrected chi connectivity index (χ2v) is 4.64. The molecule has 0 aromatic heterocycles. The van der Waals surface area contributed by atoms with Crippen molar-refractivity contribution in [1.82, 2.24) is 0 Å². The zero-order chi connectivity index (χ0) is 14.4. The number of halogens is 7. The average molecular weight is 335 g/mol. The molecule has 9 heteroatoms. The first-order valence-electron chi connectivity index (χ1n) is 4.53. The molecule has 1 aromatic carbocycles. The van der Waals surface area contributed by atoms with E-state index in [1.54, 1.807) is 0 Å². The molecule has 1 nitrogen and oxygen atoms in total. The monoisotopic (exact) mass is 334 g/mol. The van der Waals surface area contributed by atoms with Crippen molar-refractivity contribution < 1.29 is 31.4 Å². The van der Waals surface area contributed by atoms with Gasteiger partial charge in [0.1, 0.15) is 7.85 Å². The fraction of sp³-hybridized carbons (Fsp3) is 0.333. The van der Waals surface area contributed by atoms with Gasteiger partial charge in [0.2, 0.25) is 0 Å². The highest BCUT2D eigenvalue weighted by Crippen LogP contribution is 2.50. The van der Waals surface area contributed by atoms with Crippen molar-refractivity contribution in [2.24, 2.45) is 0 Å². The number of alkyl halides is 6. The van der Waals surface area contributed by atoms with E-state index in [2.05, 4.69) is 15.9 Å². The lowest BCUT2D eigenvalue weighted by Crippen LogP contribution is -2.54. The molecule has 0 saturated carbocycles. The Labute approximate surface area is 107 Å². The Hall–Kier alpha value is -0.695. The van der Waals surface area contributed by atoms with Crippen LogP contribution in [0.4, 0.5) is 26.3 Å². The van der Waals surface area contributed by atoms with Gasteiger partial charge in [-0.1, -0.05) is 33.5 Å². The molecule has 0 saturated heterocycles. The van der Waals surface area contributed by atoms with Gasteiger partial charge in [-0.3, -0.25) is 0 Å².